The Bertz CT molecular complexity index is 960. The van der Waals surface area contributed by atoms with Crippen molar-refractivity contribution in [2.75, 3.05) is 38.2 Å². The van der Waals surface area contributed by atoms with Crippen LogP contribution in [0, 0.1) is 6.92 Å². The van der Waals surface area contributed by atoms with Gasteiger partial charge in [-0.1, -0.05) is 6.07 Å². The molecule has 9 heteroatoms. The Kier molecular flexibility index (Phi) is 6.81. The van der Waals surface area contributed by atoms with Crippen LogP contribution in [-0.4, -0.2) is 71.0 Å². The highest BCUT2D eigenvalue weighted by Gasteiger charge is 2.41. The van der Waals surface area contributed by atoms with Gasteiger partial charge in [-0.05, 0) is 61.6 Å². The van der Waals surface area contributed by atoms with E-state index in [1.165, 1.54) is 4.90 Å². The predicted molar refractivity (Wildman–Crippen MR) is 119 cm³/mol. The minimum atomic E-state index is -4.34. The molecule has 2 aliphatic rings. The molecule has 2 aromatic rings. The van der Waals surface area contributed by atoms with Gasteiger partial charge in [-0.2, -0.15) is 13.2 Å². The first-order valence-electron chi connectivity index (χ1n) is 11.3. The molecule has 3 heterocycles. The molecule has 4 rings (SSSR count). The number of anilines is 1. The summed E-state index contributed by atoms with van der Waals surface area (Å²) in [5, 5.41) is 13.5. The molecule has 0 aliphatic carbocycles. The van der Waals surface area contributed by atoms with Crippen LogP contribution in [0.2, 0.25) is 0 Å². The number of halogens is 4. The molecule has 0 radical (unpaired) electrons. The summed E-state index contributed by atoms with van der Waals surface area (Å²) in [6, 6.07) is 6.12. The molecule has 1 saturated heterocycles. The molecule has 0 bridgehead atoms. The number of nitrogens with one attached hydrogen (secondary N) is 1. The number of pyridine rings is 1. The summed E-state index contributed by atoms with van der Waals surface area (Å²) in [7, 11) is 0. The van der Waals surface area contributed by atoms with Crippen molar-refractivity contribution in [1.82, 2.24) is 14.8 Å². The number of alkyl halides is 4. The molecular formula is C24H30F4N4O. The molecule has 0 saturated carbocycles. The van der Waals surface area contributed by atoms with E-state index in [0.717, 1.165) is 36.4 Å². The van der Waals surface area contributed by atoms with E-state index in [2.05, 4.69) is 15.2 Å². The maximum absolute atomic E-state index is 13.4. The van der Waals surface area contributed by atoms with Gasteiger partial charge in [0.2, 0.25) is 0 Å². The third kappa shape index (κ3) is 5.24. The number of fused-ring (bicyclic) bond motifs is 1. The molecule has 2 aliphatic heterocycles. The minimum absolute atomic E-state index is 0.150. The average molecular weight is 467 g/mol. The standard InChI is InChI=1S/C24H30F4N4O/c1-15-10-20-16(2)22(33)7-5-19(20)23(32(15)14-24(26,27)28)21-6-4-17(11-29-21)30-18-12-31(13-18)9-3-8-25/h4-7,11,15,18,23,30,33H,3,8-10,12-14H2,1-2H3/t15-,23+/m1/s1. The van der Waals surface area contributed by atoms with Crippen molar-refractivity contribution < 1.29 is 22.7 Å². The minimum Gasteiger partial charge on any atom is -0.508 e. The van der Waals surface area contributed by atoms with Gasteiger partial charge in [0.15, 0.2) is 0 Å². The highest BCUT2D eigenvalue weighted by molar-refractivity contribution is 5.50. The number of aromatic hydroxyl groups is 1. The van der Waals surface area contributed by atoms with Gasteiger partial charge in [-0.25, -0.2) is 0 Å². The van der Waals surface area contributed by atoms with Crippen LogP contribution in [0.3, 0.4) is 0 Å². The maximum Gasteiger partial charge on any atom is 0.401 e. The number of hydrogen-bond donors (Lipinski definition) is 2. The van der Waals surface area contributed by atoms with E-state index < -0.39 is 18.8 Å². The third-order valence-electron chi connectivity index (χ3n) is 6.66. The fourth-order valence-corrected chi connectivity index (χ4v) is 4.94. The van der Waals surface area contributed by atoms with Crippen molar-refractivity contribution in [3.05, 3.63) is 52.8 Å². The molecule has 1 aromatic heterocycles. The molecule has 1 aromatic carbocycles. The lowest BCUT2D eigenvalue weighted by molar-refractivity contribution is -0.155. The number of hydrogen-bond acceptors (Lipinski definition) is 5. The number of benzene rings is 1. The van der Waals surface area contributed by atoms with Crippen molar-refractivity contribution in [2.24, 2.45) is 0 Å². The number of phenols is 1. The first-order valence-corrected chi connectivity index (χ1v) is 11.3. The van der Waals surface area contributed by atoms with Crippen molar-refractivity contribution in [1.29, 1.82) is 0 Å². The summed E-state index contributed by atoms with van der Waals surface area (Å²) in [6.07, 6.45) is -1.70. The summed E-state index contributed by atoms with van der Waals surface area (Å²) in [5.74, 6) is 0.150. The van der Waals surface area contributed by atoms with E-state index in [-0.39, 0.29) is 24.5 Å². The second kappa shape index (κ2) is 9.46. The highest BCUT2D eigenvalue weighted by atomic mass is 19.4. The van der Waals surface area contributed by atoms with Gasteiger partial charge in [0.05, 0.1) is 42.9 Å². The number of likely N-dealkylation sites (tertiary alicyclic amines) is 1. The molecule has 180 valence electrons. The molecule has 0 amide bonds. The van der Waals surface area contributed by atoms with Crippen molar-refractivity contribution in [3.8, 4) is 5.75 Å². The molecule has 1 fully saturated rings. The lowest BCUT2D eigenvalue weighted by Crippen LogP contribution is -2.54. The highest BCUT2D eigenvalue weighted by Crippen LogP contribution is 2.41. The van der Waals surface area contributed by atoms with Crippen LogP contribution in [0.25, 0.3) is 0 Å². The topological polar surface area (TPSA) is 51.6 Å². The second-order valence-electron chi connectivity index (χ2n) is 9.14. The summed E-state index contributed by atoms with van der Waals surface area (Å²) in [6.45, 7) is 4.65. The Morgan fingerprint density at radius 1 is 1.18 bits per heavy atom. The molecule has 0 spiro atoms. The van der Waals surface area contributed by atoms with Gasteiger partial charge in [0.1, 0.15) is 5.75 Å². The Hall–Kier alpha value is -2.39. The monoisotopic (exact) mass is 466 g/mol. The Morgan fingerprint density at radius 3 is 2.58 bits per heavy atom. The van der Waals surface area contributed by atoms with Crippen LogP contribution in [0.15, 0.2) is 30.5 Å². The van der Waals surface area contributed by atoms with Crippen LogP contribution >= 0.6 is 0 Å². The first kappa shape index (κ1) is 23.8. The van der Waals surface area contributed by atoms with Crippen LogP contribution in [0.1, 0.15) is 41.8 Å². The first-order chi connectivity index (χ1) is 15.7. The van der Waals surface area contributed by atoms with Gasteiger partial charge in [0.25, 0.3) is 0 Å². The van der Waals surface area contributed by atoms with Gasteiger partial charge in [-0.3, -0.25) is 19.2 Å². The lowest BCUT2D eigenvalue weighted by Gasteiger charge is -2.42. The summed E-state index contributed by atoms with van der Waals surface area (Å²) >= 11 is 0. The molecule has 5 nitrogen and oxygen atoms in total. The summed E-state index contributed by atoms with van der Waals surface area (Å²) in [5.41, 5.74) is 3.70. The van der Waals surface area contributed by atoms with Crippen LogP contribution in [-0.2, 0) is 6.42 Å². The Morgan fingerprint density at radius 2 is 1.94 bits per heavy atom. The average Bonchev–Trinajstić information content (AvgIpc) is 2.73. The lowest BCUT2D eigenvalue weighted by atomic mass is 9.84. The van der Waals surface area contributed by atoms with E-state index in [1.807, 2.05) is 6.07 Å². The maximum atomic E-state index is 13.4. The number of nitrogens with zero attached hydrogens (tertiary/aromatic N) is 3. The van der Waals surface area contributed by atoms with E-state index in [4.69, 9.17) is 0 Å². The normalized spacial score (nSPS) is 22.1. The van der Waals surface area contributed by atoms with Crippen LogP contribution < -0.4 is 5.32 Å². The van der Waals surface area contributed by atoms with Gasteiger partial charge in [0, 0.05) is 25.7 Å². The zero-order chi connectivity index (χ0) is 23.8. The summed E-state index contributed by atoms with van der Waals surface area (Å²) in [4.78, 5) is 8.17. The van der Waals surface area contributed by atoms with E-state index >= 15 is 0 Å². The fourth-order valence-electron chi connectivity index (χ4n) is 4.94. The number of phenolic OH excluding ortho intramolecular Hbond substituents is 1. The SMILES string of the molecule is Cc1c(O)ccc2c1C[C@@H](C)N(CC(F)(F)F)[C@@H]2c1ccc(NC2CN(CCCF)C2)cn1. The predicted octanol–water partition coefficient (Wildman–Crippen LogP) is 4.45. The van der Waals surface area contributed by atoms with Gasteiger partial charge in [-0.15, -0.1) is 0 Å². The molecular weight excluding hydrogens is 436 g/mol. The van der Waals surface area contributed by atoms with Crippen LogP contribution in [0.5, 0.6) is 5.75 Å². The molecule has 0 unspecified atom stereocenters. The van der Waals surface area contributed by atoms with Crippen LogP contribution in [0.4, 0.5) is 23.2 Å². The number of rotatable bonds is 7. The van der Waals surface area contributed by atoms with E-state index in [0.29, 0.717) is 24.1 Å². The van der Waals surface area contributed by atoms with E-state index in [1.54, 1.807) is 38.2 Å². The van der Waals surface area contributed by atoms with Crippen molar-refractivity contribution in [3.63, 3.8) is 0 Å². The van der Waals surface area contributed by atoms with Crippen molar-refractivity contribution >= 4 is 5.69 Å². The fraction of sp³-hybridized carbons (Fsp3) is 0.542. The third-order valence-corrected chi connectivity index (χ3v) is 6.66. The Balaban J connectivity index is 1.56. The largest absolute Gasteiger partial charge is 0.508 e. The van der Waals surface area contributed by atoms with Crippen molar-refractivity contribution in [2.45, 2.75) is 51.0 Å². The Labute approximate surface area is 191 Å². The molecule has 33 heavy (non-hydrogen) atoms. The van der Waals surface area contributed by atoms with Gasteiger partial charge < -0.3 is 10.4 Å². The smallest absolute Gasteiger partial charge is 0.401 e. The molecule has 2 N–H and O–H groups in total. The van der Waals surface area contributed by atoms with Gasteiger partial charge >= 0.3 is 6.18 Å². The number of aromatic nitrogens is 1. The zero-order valence-electron chi connectivity index (χ0n) is 18.9. The summed E-state index contributed by atoms with van der Waals surface area (Å²) < 4.78 is 52.6. The zero-order valence-corrected chi connectivity index (χ0v) is 18.9. The quantitative estimate of drug-likeness (QED) is 0.591. The molecule has 2 atom stereocenters. The second-order valence-corrected chi connectivity index (χ2v) is 9.14. The van der Waals surface area contributed by atoms with E-state index in [9.17, 15) is 22.7 Å².